The fourth-order valence-corrected chi connectivity index (χ4v) is 3.19. The van der Waals surface area contributed by atoms with E-state index >= 15 is 0 Å². The Balaban J connectivity index is 2.21. The number of anilines is 1. The Morgan fingerprint density at radius 1 is 1.35 bits per heavy atom. The molecule has 5 heteroatoms. The Labute approximate surface area is 127 Å². The summed E-state index contributed by atoms with van der Waals surface area (Å²) in [4.78, 5) is 13.5. The van der Waals surface area contributed by atoms with Crippen LogP contribution in [0.15, 0.2) is 35.7 Å². The summed E-state index contributed by atoms with van der Waals surface area (Å²) < 4.78 is 0. The quantitative estimate of drug-likeness (QED) is 0.835. The maximum atomic E-state index is 12.4. The van der Waals surface area contributed by atoms with Gasteiger partial charge in [-0.05, 0) is 35.6 Å². The third-order valence-electron chi connectivity index (χ3n) is 3.04. The number of hydrogen-bond acceptors (Lipinski definition) is 3. The van der Waals surface area contributed by atoms with Gasteiger partial charge in [0.2, 0.25) is 0 Å². The smallest absolute Gasteiger partial charge is 0.253 e. The third kappa shape index (κ3) is 3.32. The van der Waals surface area contributed by atoms with Gasteiger partial charge in [0.05, 0.1) is 16.6 Å². The minimum atomic E-state index is -0.179. The summed E-state index contributed by atoms with van der Waals surface area (Å²) in [6.07, 6.45) is 0. The summed E-state index contributed by atoms with van der Waals surface area (Å²) in [5.41, 5.74) is 6.63. The largest absolute Gasteiger partial charge is 0.399 e. The van der Waals surface area contributed by atoms with Crippen molar-refractivity contribution in [3.8, 4) is 0 Å². The van der Waals surface area contributed by atoms with E-state index in [2.05, 4.69) is 19.2 Å². The standard InChI is InChI=1S/C15H17ClN2OS/c1-9(2)14(13-4-3-7-20-13)18-15(19)11-6-5-10(17)8-12(11)16/h3-9,14H,17H2,1-2H3,(H,18,19). The van der Waals surface area contributed by atoms with Gasteiger partial charge in [0, 0.05) is 10.6 Å². The van der Waals surface area contributed by atoms with Crippen LogP contribution in [0.4, 0.5) is 5.69 Å². The summed E-state index contributed by atoms with van der Waals surface area (Å²) in [6.45, 7) is 4.16. The number of hydrogen-bond donors (Lipinski definition) is 2. The molecular weight excluding hydrogens is 292 g/mol. The van der Waals surface area contributed by atoms with Gasteiger partial charge >= 0.3 is 0 Å². The molecule has 20 heavy (non-hydrogen) atoms. The molecule has 0 aliphatic heterocycles. The lowest BCUT2D eigenvalue weighted by molar-refractivity contribution is 0.0926. The van der Waals surface area contributed by atoms with E-state index in [4.69, 9.17) is 17.3 Å². The summed E-state index contributed by atoms with van der Waals surface area (Å²) >= 11 is 7.71. The maximum absolute atomic E-state index is 12.4. The fourth-order valence-electron chi connectivity index (χ4n) is 1.97. The number of halogens is 1. The SMILES string of the molecule is CC(C)C(NC(=O)c1ccc(N)cc1Cl)c1cccs1. The molecular formula is C15H17ClN2OS. The van der Waals surface area contributed by atoms with E-state index < -0.39 is 0 Å². The Bertz CT molecular complexity index is 596. The monoisotopic (exact) mass is 308 g/mol. The second-order valence-electron chi connectivity index (χ2n) is 4.95. The van der Waals surface area contributed by atoms with Crippen molar-refractivity contribution in [2.45, 2.75) is 19.9 Å². The van der Waals surface area contributed by atoms with Crippen LogP contribution in [0.25, 0.3) is 0 Å². The molecule has 0 bridgehead atoms. The number of carbonyl (C=O) groups excluding carboxylic acids is 1. The molecule has 1 amide bonds. The normalized spacial score (nSPS) is 12.4. The molecule has 0 aliphatic carbocycles. The first kappa shape index (κ1) is 14.9. The van der Waals surface area contributed by atoms with Crippen LogP contribution in [0.5, 0.6) is 0 Å². The molecule has 1 heterocycles. The number of nitrogens with two attached hydrogens (primary N) is 1. The highest BCUT2D eigenvalue weighted by Gasteiger charge is 2.21. The van der Waals surface area contributed by atoms with Crippen LogP contribution in [-0.2, 0) is 0 Å². The first-order chi connectivity index (χ1) is 9.49. The molecule has 1 aromatic heterocycles. The van der Waals surface area contributed by atoms with Crippen molar-refractivity contribution >= 4 is 34.5 Å². The zero-order chi connectivity index (χ0) is 14.7. The molecule has 0 aliphatic rings. The third-order valence-corrected chi connectivity index (χ3v) is 4.31. The molecule has 1 atom stereocenters. The number of rotatable bonds is 4. The number of benzene rings is 1. The average Bonchev–Trinajstić information content (AvgIpc) is 2.88. The highest BCUT2D eigenvalue weighted by molar-refractivity contribution is 7.10. The molecule has 2 aromatic rings. The van der Waals surface area contributed by atoms with Crippen molar-refractivity contribution in [1.82, 2.24) is 5.32 Å². The lowest BCUT2D eigenvalue weighted by atomic mass is 10.0. The van der Waals surface area contributed by atoms with Crippen molar-refractivity contribution in [3.63, 3.8) is 0 Å². The van der Waals surface area contributed by atoms with Gasteiger partial charge < -0.3 is 11.1 Å². The van der Waals surface area contributed by atoms with Crippen molar-refractivity contribution in [3.05, 3.63) is 51.2 Å². The Morgan fingerprint density at radius 3 is 2.65 bits per heavy atom. The number of amides is 1. The van der Waals surface area contributed by atoms with Gasteiger partial charge in [-0.2, -0.15) is 0 Å². The molecule has 0 fully saturated rings. The van der Waals surface area contributed by atoms with E-state index in [1.165, 1.54) is 0 Å². The van der Waals surface area contributed by atoms with E-state index in [0.717, 1.165) is 4.88 Å². The molecule has 106 valence electrons. The average molecular weight is 309 g/mol. The zero-order valence-corrected chi connectivity index (χ0v) is 13.0. The van der Waals surface area contributed by atoms with Gasteiger partial charge in [0.15, 0.2) is 0 Å². The van der Waals surface area contributed by atoms with Crippen LogP contribution in [0.2, 0.25) is 5.02 Å². The van der Waals surface area contributed by atoms with E-state index in [1.54, 1.807) is 29.5 Å². The summed E-state index contributed by atoms with van der Waals surface area (Å²) in [5, 5.41) is 5.42. The van der Waals surface area contributed by atoms with Gasteiger partial charge in [-0.1, -0.05) is 31.5 Å². The molecule has 0 radical (unpaired) electrons. The molecule has 2 rings (SSSR count). The second-order valence-corrected chi connectivity index (χ2v) is 6.34. The predicted molar refractivity (Wildman–Crippen MR) is 85.2 cm³/mol. The molecule has 3 nitrogen and oxygen atoms in total. The number of thiophene rings is 1. The molecule has 3 N–H and O–H groups in total. The van der Waals surface area contributed by atoms with Gasteiger partial charge in [-0.15, -0.1) is 11.3 Å². The summed E-state index contributed by atoms with van der Waals surface area (Å²) in [5.74, 6) is 0.118. The van der Waals surface area contributed by atoms with Crippen molar-refractivity contribution in [2.24, 2.45) is 5.92 Å². The lowest BCUT2D eigenvalue weighted by Crippen LogP contribution is -2.31. The van der Waals surface area contributed by atoms with Crippen LogP contribution in [-0.4, -0.2) is 5.91 Å². The highest BCUT2D eigenvalue weighted by Crippen LogP contribution is 2.27. The topological polar surface area (TPSA) is 55.1 Å². The van der Waals surface area contributed by atoms with E-state index in [-0.39, 0.29) is 11.9 Å². The maximum Gasteiger partial charge on any atom is 0.253 e. The van der Waals surface area contributed by atoms with E-state index in [9.17, 15) is 4.79 Å². The van der Waals surface area contributed by atoms with Gasteiger partial charge in [-0.25, -0.2) is 0 Å². The Hall–Kier alpha value is -1.52. The highest BCUT2D eigenvalue weighted by atomic mass is 35.5. The molecule has 0 spiro atoms. The zero-order valence-electron chi connectivity index (χ0n) is 11.4. The molecule has 1 aromatic carbocycles. The van der Waals surface area contributed by atoms with Crippen molar-refractivity contribution < 1.29 is 4.79 Å². The van der Waals surface area contributed by atoms with Gasteiger partial charge in [0.1, 0.15) is 0 Å². The predicted octanol–water partition coefficient (Wildman–Crippen LogP) is 4.11. The minimum absolute atomic E-state index is 0.0175. The number of nitrogen functional groups attached to an aromatic ring is 1. The minimum Gasteiger partial charge on any atom is -0.399 e. The number of nitrogens with one attached hydrogen (secondary N) is 1. The lowest BCUT2D eigenvalue weighted by Gasteiger charge is -2.21. The summed E-state index contributed by atoms with van der Waals surface area (Å²) in [7, 11) is 0. The van der Waals surface area contributed by atoms with Crippen molar-refractivity contribution in [1.29, 1.82) is 0 Å². The van der Waals surface area contributed by atoms with E-state index in [0.29, 0.717) is 22.2 Å². The molecule has 0 saturated carbocycles. The van der Waals surface area contributed by atoms with E-state index in [1.807, 2.05) is 17.5 Å². The number of carbonyl (C=O) groups is 1. The van der Waals surface area contributed by atoms with Crippen molar-refractivity contribution in [2.75, 3.05) is 5.73 Å². The molecule has 0 saturated heterocycles. The van der Waals surface area contributed by atoms with Crippen LogP contribution < -0.4 is 11.1 Å². The first-order valence-corrected chi connectivity index (χ1v) is 7.64. The first-order valence-electron chi connectivity index (χ1n) is 6.38. The van der Waals surface area contributed by atoms with Crippen LogP contribution in [0, 0.1) is 5.92 Å². The molecule has 1 unspecified atom stereocenters. The Kier molecular flexibility index (Phi) is 4.68. The van der Waals surface area contributed by atoms with Gasteiger partial charge in [0.25, 0.3) is 5.91 Å². The van der Waals surface area contributed by atoms with Crippen LogP contribution in [0.1, 0.15) is 35.1 Å². The van der Waals surface area contributed by atoms with Crippen LogP contribution >= 0.6 is 22.9 Å². The van der Waals surface area contributed by atoms with Gasteiger partial charge in [-0.3, -0.25) is 4.79 Å². The fraction of sp³-hybridized carbons (Fsp3) is 0.267. The Morgan fingerprint density at radius 2 is 2.10 bits per heavy atom. The summed E-state index contributed by atoms with van der Waals surface area (Å²) in [6, 6.07) is 8.91. The van der Waals surface area contributed by atoms with Crippen LogP contribution in [0.3, 0.4) is 0 Å². The second kappa shape index (κ2) is 6.29.